The third-order valence-electron chi connectivity index (χ3n) is 3.41. The maximum Gasteiger partial charge on any atom is 0.0728 e. The summed E-state index contributed by atoms with van der Waals surface area (Å²) in [6, 6.07) is 19.0. The zero-order valence-corrected chi connectivity index (χ0v) is 11.4. The van der Waals surface area contributed by atoms with Gasteiger partial charge < -0.3 is 0 Å². The molecule has 0 aliphatic rings. The third kappa shape index (κ3) is 2.26. The SMILES string of the molecule is CC(C)c1nn(Cc2ccccc2)c2ccccc12. The molecule has 19 heavy (non-hydrogen) atoms. The summed E-state index contributed by atoms with van der Waals surface area (Å²) >= 11 is 0. The smallest absolute Gasteiger partial charge is 0.0728 e. The van der Waals surface area contributed by atoms with E-state index >= 15 is 0 Å². The molecule has 0 saturated heterocycles. The molecule has 0 atom stereocenters. The molecule has 0 saturated carbocycles. The minimum absolute atomic E-state index is 0.446. The van der Waals surface area contributed by atoms with Gasteiger partial charge >= 0.3 is 0 Å². The van der Waals surface area contributed by atoms with Crippen LogP contribution in [0.25, 0.3) is 10.9 Å². The van der Waals surface area contributed by atoms with E-state index in [1.54, 1.807) is 0 Å². The lowest BCUT2D eigenvalue weighted by Gasteiger charge is -2.03. The highest BCUT2D eigenvalue weighted by molar-refractivity contribution is 5.82. The van der Waals surface area contributed by atoms with Crippen molar-refractivity contribution in [2.45, 2.75) is 26.3 Å². The molecule has 0 bridgehead atoms. The van der Waals surface area contributed by atoms with Crippen LogP contribution in [0.2, 0.25) is 0 Å². The van der Waals surface area contributed by atoms with Crippen molar-refractivity contribution < 1.29 is 0 Å². The van der Waals surface area contributed by atoms with Crippen LogP contribution in [-0.4, -0.2) is 9.78 Å². The van der Waals surface area contributed by atoms with Crippen LogP contribution in [0, 0.1) is 0 Å². The van der Waals surface area contributed by atoms with Crippen LogP contribution in [0.4, 0.5) is 0 Å². The molecule has 2 aromatic carbocycles. The fraction of sp³-hybridized carbons (Fsp3) is 0.235. The Morgan fingerprint density at radius 1 is 0.947 bits per heavy atom. The van der Waals surface area contributed by atoms with E-state index in [1.165, 1.54) is 22.2 Å². The lowest BCUT2D eigenvalue weighted by molar-refractivity contribution is 0.675. The molecule has 1 aromatic heterocycles. The van der Waals surface area contributed by atoms with Crippen molar-refractivity contribution in [2.75, 3.05) is 0 Å². The number of fused-ring (bicyclic) bond motifs is 1. The third-order valence-corrected chi connectivity index (χ3v) is 3.41. The number of hydrogen-bond acceptors (Lipinski definition) is 1. The van der Waals surface area contributed by atoms with Crippen molar-refractivity contribution in [3.05, 3.63) is 65.9 Å². The molecular weight excluding hydrogens is 232 g/mol. The normalized spacial score (nSPS) is 11.3. The topological polar surface area (TPSA) is 17.8 Å². The van der Waals surface area contributed by atoms with E-state index in [1.807, 2.05) is 6.07 Å². The summed E-state index contributed by atoms with van der Waals surface area (Å²) in [5.41, 5.74) is 3.69. The first-order valence-corrected chi connectivity index (χ1v) is 6.75. The predicted molar refractivity (Wildman–Crippen MR) is 79.4 cm³/mol. The second-order valence-electron chi connectivity index (χ2n) is 5.20. The molecule has 2 nitrogen and oxygen atoms in total. The van der Waals surface area contributed by atoms with Crippen LogP contribution < -0.4 is 0 Å². The van der Waals surface area contributed by atoms with Crippen LogP contribution >= 0.6 is 0 Å². The van der Waals surface area contributed by atoms with Gasteiger partial charge in [-0.1, -0.05) is 62.4 Å². The summed E-state index contributed by atoms with van der Waals surface area (Å²) < 4.78 is 2.11. The van der Waals surface area contributed by atoms with E-state index in [0.717, 1.165) is 6.54 Å². The molecule has 1 heterocycles. The molecule has 0 amide bonds. The molecule has 0 spiro atoms. The quantitative estimate of drug-likeness (QED) is 0.681. The van der Waals surface area contributed by atoms with Crippen molar-refractivity contribution in [3.63, 3.8) is 0 Å². The minimum Gasteiger partial charge on any atom is -0.260 e. The van der Waals surface area contributed by atoms with Crippen molar-refractivity contribution in [3.8, 4) is 0 Å². The van der Waals surface area contributed by atoms with Gasteiger partial charge in [0.25, 0.3) is 0 Å². The predicted octanol–water partition coefficient (Wildman–Crippen LogP) is 4.21. The second kappa shape index (κ2) is 4.88. The fourth-order valence-corrected chi connectivity index (χ4v) is 2.46. The molecule has 2 heteroatoms. The second-order valence-corrected chi connectivity index (χ2v) is 5.20. The van der Waals surface area contributed by atoms with Crippen LogP contribution in [0.3, 0.4) is 0 Å². The first-order valence-electron chi connectivity index (χ1n) is 6.75. The van der Waals surface area contributed by atoms with Gasteiger partial charge in [0.2, 0.25) is 0 Å². The molecule has 3 rings (SSSR count). The van der Waals surface area contributed by atoms with Crippen LogP contribution in [-0.2, 0) is 6.54 Å². The Labute approximate surface area is 113 Å². The Balaban J connectivity index is 2.09. The summed E-state index contributed by atoms with van der Waals surface area (Å²) in [6.45, 7) is 5.22. The van der Waals surface area contributed by atoms with Gasteiger partial charge in [-0.05, 0) is 17.5 Å². The number of aromatic nitrogens is 2. The van der Waals surface area contributed by atoms with Gasteiger partial charge in [0.1, 0.15) is 0 Å². The van der Waals surface area contributed by atoms with Crippen LogP contribution in [0.5, 0.6) is 0 Å². The zero-order chi connectivity index (χ0) is 13.2. The lowest BCUT2D eigenvalue weighted by Crippen LogP contribution is -2.02. The standard InChI is InChI=1S/C17H18N2/c1-13(2)17-15-10-6-7-11-16(15)19(18-17)12-14-8-4-3-5-9-14/h3-11,13H,12H2,1-2H3. The first kappa shape index (κ1) is 12.0. The van der Waals surface area contributed by atoms with Crippen LogP contribution in [0.1, 0.15) is 31.0 Å². The highest BCUT2D eigenvalue weighted by Gasteiger charge is 2.12. The number of nitrogens with zero attached hydrogens (tertiary/aromatic N) is 2. The number of hydrogen-bond donors (Lipinski definition) is 0. The van der Waals surface area contributed by atoms with Gasteiger partial charge in [0.15, 0.2) is 0 Å². The summed E-state index contributed by atoms with van der Waals surface area (Å²) in [6.07, 6.45) is 0. The summed E-state index contributed by atoms with van der Waals surface area (Å²) in [5, 5.41) is 6.07. The minimum atomic E-state index is 0.446. The molecule has 0 fully saturated rings. The van der Waals surface area contributed by atoms with Gasteiger partial charge in [-0.2, -0.15) is 5.10 Å². The largest absolute Gasteiger partial charge is 0.260 e. The number of rotatable bonds is 3. The van der Waals surface area contributed by atoms with Gasteiger partial charge in [0.05, 0.1) is 17.8 Å². The van der Waals surface area contributed by atoms with Crippen molar-refractivity contribution in [1.82, 2.24) is 9.78 Å². The van der Waals surface area contributed by atoms with Crippen molar-refractivity contribution >= 4 is 10.9 Å². The Morgan fingerprint density at radius 2 is 1.63 bits per heavy atom. The van der Waals surface area contributed by atoms with Crippen molar-refractivity contribution in [2.24, 2.45) is 0 Å². The maximum atomic E-state index is 4.80. The van der Waals surface area contributed by atoms with E-state index in [0.29, 0.717) is 5.92 Å². The van der Waals surface area contributed by atoms with Gasteiger partial charge in [-0.15, -0.1) is 0 Å². The monoisotopic (exact) mass is 250 g/mol. The summed E-state index contributed by atoms with van der Waals surface area (Å²) in [4.78, 5) is 0. The number of para-hydroxylation sites is 1. The molecule has 0 N–H and O–H groups in total. The van der Waals surface area contributed by atoms with E-state index < -0.39 is 0 Å². The summed E-state index contributed by atoms with van der Waals surface area (Å²) in [7, 11) is 0. The van der Waals surface area contributed by atoms with E-state index in [4.69, 9.17) is 5.10 Å². The Kier molecular flexibility index (Phi) is 3.08. The average molecular weight is 250 g/mol. The van der Waals surface area contributed by atoms with Gasteiger partial charge in [-0.25, -0.2) is 0 Å². The maximum absolute atomic E-state index is 4.80. The first-order chi connectivity index (χ1) is 9.25. The molecule has 3 aromatic rings. The van der Waals surface area contributed by atoms with Gasteiger partial charge in [0, 0.05) is 5.39 Å². The lowest BCUT2D eigenvalue weighted by atomic mass is 10.1. The molecular formula is C17H18N2. The highest BCUT2D eigenvalue weighted by atomic mass is 15.3. The Hall–Kier alpha value is -2.09. The van der Waals surface area contributed by atoms with Crippen molar-refractivity contribution in [1.29, 1.82) is 0 Å². The molecule has 96 valence electrons. The fourth-order valence-electron chi connectivity index (χ4n) is 2.46. The Bertz CT molecular complexity index is 681. The average Bonchev–Trinajstić information content (AvgIpc) is 2.79. The molecule has 0 aliphatic carbocycles. The Morgan fingerprint density at radius 3 is 2.37 bits per heavy atom. The summed E-state index contributed by atoms with van der Waals surface area (Å²) in [5.74, 6) is 0.446. The highest BCUT2D eigenvalue weighted by Crippen LogP contribution is 2.25. The van der Waals surface area contributed by atoms with E-state index in [2.05, 4.69) is 67.1 Å². The zero-order valence-electron chi connectivity index (χ0n) is 11.4. The van der Waals surface area contributed by atoms with Gasteiger partial charge in [-0.3, -0.25) is 4.68 Å². The molecule has 0 unspecified atom stereocenters. The molecule has 0 aliphatic heterocycles. The van der Waals surface area contributed by atoms with E-state index in [-0.39, 0.29) is 0 Å². The van der Waals surface area contributed by atoms with Crippen LogP contribution in [0.15, 0.2) is 54.6 Å². The molecule has 0 radical (unpaired) electrons. The number of benzene rings is 2. The van der Waals surface area contributed by atoms with E-state index in [9.17, 15) is 0 Å².